The molecule has 1 aromatic heterocycles. The van der Waals surface area contributed by atoms with Crippen molar-refractivity contribution in [3.63, 3.8) is 0 Å². The molecule has 2 heterocycles. The lowest BCUT2D eigenvalue weighted by molar-refractivity contribution is -0.128. The normalized spacial score (nSPS) is 20.0. The Morgan fingerprint density at radius 2 is 1.79 bits per heavy atom. The Hall–Kier alpha value is -3.02. The number of carbonyl (C=O) groups is 3. The lowest BCUT2D eigenvalue weighted by Gasteiger charge is -2.28. The number of rotatable bonds is 5. The van der Waals surface area contributed by atoms with E-state index >= 15 is 0 Å². The van der Waals surface area contributed by atoms with E-state index in [1.165, 1.54) is 0 Å². The minimum absolute atomic E-state index is 0.140. The van der Waals surface area contributed by atoms with Gasteiger partial charge in [0.1, 0.15) is 0 Å². The van der Waals surface area contributed by atoms with Gasteiger partial charge >= 0.3 is 0 Å². The molecule has 2 aromatic rings. The smallest absolute Gasteiger partial charge is 0.251 e. The van der Waals surface area contributed by atoms with Gasteiger partial charge in [-0.3, -0.25) is 24.7 Å². The molecule has 1 saturated heterocycles. The first-order valence-corrected chi connectivity index (χ1v) is 9.35. The van der Waals surface area contributed by atoms with E-state index in [2.05, 4.69) is 15.6 Å². The molecule has 0 aliphatic carbocycles. The second-order valence-corrected chi connectivity index (χ2v) is 7.76. The van der Waals surface area contributed by atoms with Crippen LogP contribution in [0.1, 0.15) is 59.1 Å². The van der Waals surface area contributed by atoms with E-state index in [9.17, 15) is 14.4 Å². The predicted octanol–water partition coefficient (Wildman–Crippen LogP) is 2.78. The fourth-order valence-corrected chi connectivity index (χ4v) is 3.68. The standard InChI is InChI=1S/C22H25N3O3/c1-13-9-16(10-14(2)24-13)12-23-20(27)18-7-5-17(6-8-18)15(3)22(4)11-19(26)25-21(22)28/h5-10,15H,11-12H2,1-4H3,(H,23,27)(H,25,26,28)/t15-,22?/m1/s1. The number of amides is 3. The molecule has 2 atom stereocenters. The molecular formula is C22H25N3O3. The van der Waals surface area contributed by atoms with Gasteiger partial charge in [0, 0.05) is 29.9 Å². The van der Waals surface area contributed by atoms with Crippen molar-refractivity contribution in [2.24, 2.45) is 5.41 Å². The van der Waals surface area contributed by atoms with Crippen LogP contribution < -0.4 is 10.6 Å². The van der Waals surface area contributed by atoms with Crippen LogP contribution in [0.5, 0.6) is 0 Å². The number of imide groups is 1. The van der Waals surface area contributed by atoms with E-state index in [1.807, 2.05) is 45.0 Å². The molecule has 28 heavy (non-hydrogen) atoms. The SMILES string of the molecule is Cc1cc(CNC(=O)c2ccc([C@@H](C)C3(C)CC(=O)NC3=O)cc2)cc(C)n1. The molecule has 2 N–H and O–H groups in total. The molecule has 6 nitrogen and oxygen atoms in total. The number of aryl methyl sites for hydroxylation is 2. The molecular weight excluding hydrogens is 354 g/mol. The highest BCUT2D eigenvalue weighted by Crippen LogP contribution is 2.41. The third kappa shape index (κ3) is 3.96. The van der Waals surface area contributed by atoms with Crippen LogP contribution in [0.4, 0.5) is 0 Å². The van der Waals surface area contributed by atoms with Gasteiger partial charge in [-0.2, -0.15) is 0 Å². The Morgan fingerprint density at radius 3 is 2.32 bits per heavy atom. The molecule has 1 unspecified atom stereocenters. The first kappa shape index (κ1) is 19.7. The van der Waals surface area contributed by atoms with Crippen LogP contribution in [0.2, 0.25) is 0 Å². The lowest BCUT2D eigenvalue weighted by atomic mass is 9.73. The highest BCUT2D eigenvalue weighted by molar-refractivity contribution is 6.06. The summed E-state index contributed by atoms with van der Waals surface area (Å²) in [5, 5.41) is 5.30. The zero-order chi connectivity index (χ0) is 20.5. The first-order chi connectivity index (χ1) is 13.2. The van der Waals surface area contributed by atoms with Crippen molar-refractivity contribution in [3.8, 4) is 0 Å². The lowest BCUT2D eigenvalue weighted by Crippen LogP contribution is -2.33. The minimum atomic E-state index is -0.766. The number of pyridine rings is 1. The van der Waals surface area contributed by atoms with E-state index in [4.69, 9.17) is 0 Å². The maximum absolute atomic E-state index is 12.4. The average molecular weight is 379 g/mol. The highest BCUT2D eigenvalue weighted by atomic mass is 16.2. The largest absolute Gasteiger partial charge is 0.348 e. The second kappa shape index (κ2) is 7.54. The number of benzene rings is 1. The summed E-state index contributed by atoms with van der Waals surface area (Å²) in [5.41, 5.74) is 3.56. The summed E-state index contributed by atoms with van der Waals surface area (Å²) in [6.07, 6.45) is 0.181. The molecule has 0 bridgehead atoms. The minimum Gasteiger partial charge on any atom is -0.348 e. The molecule has 6 heteroatoms. The zero-order valence-corrected chi connectivity index (χ0v) is 16.6. The molecule has 3 amide bonds. The van der Waals surface area contributed by atoms with Crippen LogP contribution in [-0.2, 0) is 16.1 Å². The summed E-state index contributed by atoms with van der Waals surface area (Å²) in [6.45, 7) is 8.02. The monoisotopic (exact) mass is 379 g/mol. The highest BCUT2D eigenvalue weighted by Gasteiger charge is 2.46. The average Bonchev–Trinajstić information content (AvgIpc) is 2.91. The van der Waals surface area contributed by atoms with Crippen LogP contribution in [0.25, 0.3) is 0 Å². The first-order valence-electron chi connectivity index (χ1n) is 9.35. The van der Waals surface area contributed by atoms with Crippen molar-refractivity contribution in [1.82, 2.24) is 15.6 Å². The number of nitrogens with one attached hydrogen (secondary N) is 2. The number of nitrogens with zero attached hydrogens (tertiary/aromatic N) is 1. The van der Waals surface area contributed by atoms with E-state index in [1.54, 1.807) is 19.1 Å². The predicted molar refractivity (Wildman–Crippen MR) is 106 cm³/mol. The van der Waals surface area contributed by atoms with Crippen LogP contribution in [-0.4, -0.2) is 22.7 Å². The van der Waals surface area contributed by atoms with Crippen LogP contribution in [0.15, 0.2) is 36.4 Å². The Bertz CT molecular complexity index is 916. The topological polar surface area (TPSA) is 88.2 Å². The van der Waals surface area contributed by atoms with Crippen molar-refractivity contribution < 1.29 is 14.4 Å². The second-order valence-electron chi connectivity index (χ2n) is 7.76. The number of carbonyl (C=O) groups excluding carboxylic acids is 3. The molecule has 1 aromatic carbocycles. The Kier molecular flexibility index (Phi) is 5.31. The van der Waals surface area contributed by atoms with Crippen molar-refractivity contribution in [2.45, 2.75) is 46.6 Å². The molecule has 146 valence electrons. The molecule has 1 aliphatic heterocycles. The summed E-state index contributed by atoms with van der Waals surface area (Å²) in [5.74, 6) is -0.781. The molecule has 1 aliphatic rings. The van der Waals surface area contributed by atoms with Gasteiger partial charge < -0.3 is 5.32 Å². The summed E-state index contributed by atoms with van der Waals surface area (Å²) < 4.78 is 0. The van der Waals surface area contributed by atoms with E-state index in [0.717, 1.165) is 22.5 Å². The van der Waals surface area contributed by atoms with Crippen molar-refractivity contribution in [2.75, 3.05) is 0 Å². The Labute approximate surface area is 164 Å². The third-order valence-electron chi connectivity index (χ3n) is 5.52. The molecule has 3 rings (SSSR count). The Balaban J connectivity index is 1.67. The summed E-state index contributed by atoms with van der Waals surface area (Å²) in [7, 11) is 0. The quantitative estimate of drug-likeness (QED) is 0.782. The maximum Gasteiger partial charge on any atom is 0.251 e. The summed E-state index contributed by atoms with van der Waals surface area (Å²) in [6, 6.07) is 11.1. The molecule has 0 radical (unpaired) electrons. The third-order valence-corrected chi connectivity index (χ3v) is 5.52. The van der Waals surface area contributed by atoms with E-state index in [-0.39, 0.29) is 30.1 Å². The van der Waals surface area contributed by atoms with Gasteiger partial charge in [-0.05, 0) is 62.1 Å². The van der Waals surface area contributed by atoms with Gasteiger partial charge in [0.2, 0.25) is 11.8 Å². The fraction of sp³-hybridized carbons (Fsp3) is 0.364. The fourth-order valence-electron chi connectivity index (χ4n) is 3.68. The number of hydrogen-bond donors (Lipinski definition) is 2. The van der Waals surface area contributed by atoms with Crippen molar-refractivity contribution >= 4 is 17.7 Å². The molecule has 0 saturated carbocycles. The van der Waals surface area contributed by atoms with Crippen molar-refractivity contribution in [1.29, 1.82) is 0 Å². The summed E-state index contributed by atoms with van der Waals surface area (Å²) in [4.78, 5) is 40.5. The van der Waals surface area contributed by atoms with Gasteiger partial charge in [-0.1, -0.05) is 19.1 Å². The van der Waals surface area contributed by atoms with Crippen molar-refractivity contribution in [3.05, 3.63) is 64.5 Å². The van der Waals surface area contributed by atoms with Crippen LogP contribution in [0, 0.1) is 19.3 Å². The van der Waals surface area contributed by atoms with Gasteiger partial charge in [-0.25, -0.2) is 0 Å². The summed E-state index contributed by atoms with van der Waals surface area (Å²) >= 11 is 0. The number of aromatic nitrogens is 1. The van der Waals surface area contributed by atoms with E-state index < -0.39 is 5.41 Å². The zero-order valence-electron chi connectivity index (χ0n) is 16.6. The van der Waals surface area contributed by atoms with Gasteiger partial charge in [0.25, 0.3) is 5.91 Å². The van der Waals surface area contributed by atoms with Crippen LogP contribution >= 0.6 is 0 Å². The van der Waals surface area contributed by atoms with Gasteiger partial charge in [0.05, 0.1) is 5.41 Å². The molecule has 0 spiro atoms. The Morgan fingerprint density at radius 1 is 1.18 bits per heavy atom. The maximum atomic E-state index is 12.4. The van der Waals surface area contributed by atoms with E-state index in [0.29, 0.717) is 12.1 Å². The van der Waals surface area contributed by atoms with Gasteiger partial charge in [-0.15, -0.1) is 0 Å². The van der Waals surface area contributed by atoms with Gasteiger partial charge in [0.15, 0.2) is 0 Å². The molecule has 1 fully saturated rings. The number of hydrogen-bond acceptors (Lipinski definition) is 4. The van der Waals surface area contributed by atoms with Crippen LogP contribution in [0.3, 0.4) is 0 Å².